The minimum atomic E-state index is -0.553. The molecule has 0 aliphatic carbocycles. The quantitative estimate of drug-likeness (QED) is 0.844. The monoisotopic (exact) mass is 317 g/mol. The van der Waals surface area contributed by atoms with Crippen LogP contribution in [0.25, 0.3) is 11.1 Å². The molecule has 0 spiro atoms. The van der Waals surface area contributed by atoms with Crippen molar-refractivity contribution >= 4 is 23.3 Å². The molecular weight excluding hydrogens is 305 g/mol. The molecule has 0 aliphatic heterocycles. The molecule has 2 amide bonds. The van der Waals surface area contributed by atoms with E-state index in [2.05, 4.69) is 10.6 Å². The lowest BCUT2D eigenvalue weighted by Gasteiger charge is -2.08. The Hall–Kier alpha value is -2.58. The smallest absolute Gasteiger partial charge is 0.319 e. The molecule has 0 atom stereocenters. The van der Waals surface area contributed by atoms with Crippen molar-refractivity contribution in [1.82, 2.24) is 5.32 Å². The van der Waals surface area contributed by atoms with Crippen LogP contribution in [0.2, 0.25) is 0 Å². The normalized spacial score (nSPS) is 9.86. The van der Waals surface area contributed by atoms with Gasteiger partial charge in [0.05, 0.1) is 5.56 Å². The molecule has 112 valence electrons. The van der Waals surface area contributed by atoms with Crippen LogP contribution in [-0.2, 0) is 0 Å². The Balaban J connectivity index is 2.10. The van der Waals surface area contributed by atoms with E-state index in [9.17, 15) is 9.18 Å². The molecule has 2 N–H and O–H groups in total. The Labute approximate surface area is 132 Å². The molecule has 0 saturated carbocycles. The van der Waals surface area contributed by atoms with Crippen LogP contribution >= 0.6 is 11.6 Å². The number of benzene rings is 2. The lowest BCUT2D eigenvalue weighted by atomic mass is 10.0. The maximum atomic E-state index is 13.6. The summed E-state index contributed by atoms with van der Waals surface area (Å²) >= 11 is 5.48. The van der Waals surface area contributed by atoms with Gasteiger partial charge in [-0.15, -0.1) is 11.6 Å². The van der Waals surface area contributed by atoms with Crippen molar-refractivity contribution in [1.29, 1.82) is 5.26 Å². The van der Waals surface area contributed by atoms with Crippen LogP contribution in [0.4, 0.5) is 14.9 Å². The third-order valence-corrected chi connectivity index (χ3v) is 3.13. The molecule has 0 fully saturated rings. The molecule has 0 unspecified atom stereocenters. The summed E-state index contributed by atoms with van der Waals surface area (Å²) in [6.45, 7) is 0.385. The van der Waals surface area contributed by atoms with Crippen LogP contribution in [0, 0.1) is 17.1 Å². The second kappa shape index (κ2) is 7.43. The fourth-order valence-corrected chi connectivity index (χ4v) is 1.96. The highest BCUT2D eigenvalue weighted by atomic mass is 35.5. The summed E-state index contributed by atoms with van der Waals surface area (Å²) < 4.78 is 13.6. The van der Waals surface area contributed by atoms with E-state index < -0.39 is 5.82 Å². The van der Waals surface area contributed by atoms with Crippen LogP contribution in [-0.4, -0.2) is 18.5 Å². The maximum Gasteiger partial charge on any atom is 0.319 e. The Morgan fingerprint density at radius 1 is 1.18 bits per heavy atom. The van der Waals surface area contributed by atoms with Gasteiger partial charge in [-0.3, -0.25) is 0 Å². The Kier molecular flexibility index (Phi) is 5.34. The number of amides is 2. The zero-order valence-corrected chi connectivity index (χ0v) is 12.3. The van der Waals surface area contributed by atoms with E-state index in [4.69, 9.17) is 16.9 Å². The first-order chi connectivity index (χ1) is 10.6. The van der Waals surface area contributed by atoms with E-state index in [0.717, 1.165) is 5.56 Å². The molecule has 22 heavy (non-hydrogen) atoms. The molecule has 2 aromatic rings. The summed E-state index contributed by atoms with van der Waals surface area (Å²) in [5.74, 6) is -0.209. The van der Waals surface area contributed by atoms with Crippen molar-refractivity contribution in [3.8, 4) is 17.2 Å². The number of halogens is 2. The van der Waals surface area contributed by atoms with E-state index in [0.29, 0.717) is 23.7 Å². The van der Waals surface area contributed by atoms with Crippen molar-refractivity contribution in [2.45, 2.75) is 0 Å². The maximum absolute atomic E-state index is 13.6. The topological polar surface area (TPSA) is 64.9 Å². The third kappa shape index (κ3) is 3.96. The van der Waals surface area contributed by atoms with E-state index in [1.165, 1.54) is 12.1 Å². The number of anilines is 1. The predicted molar refractivity (Wildman–Crippen MR) is 84.3 cm³/mol. The number of carbonyl (C=O) groups is 1. The average molecular weight is 318 g/mol. The van der Waals surface area contributed by atoms with E-state index >= 15 is 0 Å². The van der Waals surface area contributed by atoms with Crippen molar-refractivity contribution < 1.29 is 9.18 Å². The highest BCUT2D eigenvalue weighted by molar-refractivity contribution is 6.18. The van der Waals surface area contributed by atoms with Crippen LogP contribution in [0.3, 0.4) is 0 Å². The van der Waals surface area contributed by atoms with Gasteiger partial charge in [0, 0.05) is 18.1 Å². The second-order valence-electron chi connectivity index (χ2n) is 4.45. The zero-order valence-electron chi connectivity index (χ0n) is 11.6. The van der Waals surface area contributed by atoms with Gasteiger partial charge in [0.1, 0.15) is 11.9 Å². The molecule has 0 radical (unpaired) electrons. The molecule has 4 nitrogen and oxygen atoms in total. The molecule has 0 aliphatic rings. The summed E-state index contributed by atoms with van der Waals surface area (Å²) in [7, 11) is 0. The van der Waals surface area contributed by atoms with Gasteiger partial charge in [-0.2, -0.15) is 5.26 Å². The van der Waals surface area contributed by atoms with Gasteiger partial charge >= 0.3 is 6.03 Å². The Bertz CT molecular complexity index is 710. The van der Waals surface area contributed by atoms with Crippen molar-refractivity contribution in [2.24, 2.45) is 0 Å². The lowest BCUT2D eigenvalue weighted by Crippen LogP contribution is -2.30. The van der Waals surface area contributed by atoms with Crippen molar-refractivity contribution in [3.05, 3.63) is 53.8 Å². The van der Waals surface area contributed by atoms with Crippen molar-refractivity contribution in [2.75, 3.05) is 17.7 Å². The standard InChI is InChI=1S/C16H13ClFN3O/c17-7-8-20-16(22)21-14-5-3-11(4-6-14)12-1-2-13(10-19)15(18)9-12/h1-6,9H,7-8H2,(H2,20,21,22). The zero-order chi connectivity index (χ0) is 15.9. The summed E-state index contributed by atoms with van der Waals surface area (Å²) in [5.41, 5.74) is 2.08. The first-order valence-electron chi connectivity index (χ1n) is 6.55. The van der Waals surface area contributed by atoms with Crippen molar-refractivity contribution in [3.63, 3.8) is 0 Å². The molecule has 2 rings (SSSR count). The summed E-state index contributed by atoms with van der Waals surface area (Å²) in [4.78, 5) is 11.5. The average Bonchev–Trinajstić information content (AvgIpc) is 2.53. The van der Waals surface area contributed by atoms with Gasteiger partial charge < -0.3 is 10.6 Å². The highest BCUT2D eigenvalue weighted by Crippen LogP contribution is 2.23. The lowest BCUT2D eigenvalue weighted by molar-refractivity contribution is 0.252. The Morgan fingerprint density at radius 3 is 2.45 bits per heavy atom. The van der Waals surface area contributed by atoms with Crippen LogP contribution in [0.5, 0.6) is 0 Å². The van der Waals surface area contributed by atoms with Crippen LogP contribution in [0.1, 0.15) is 5.56 Å². The van der Waals surface area contributed by atoms with E-state index in [1.54, 1.807) is 36.4 Å². The number of carbonyl (C=O) groups excluding carboxylic acids is 1. The number of hydrogen-bond donors (Lipinski definition) is 2. The van der Waals surface area contributed by atoms with Gasteiger partial charge in [0.25, 0.3) is 0 Å². The number of nitrogens with one attached hydrogen (secondary N) is 2. The molecule has 0 saturated heterocycles. The molecule has 2 aromatic carbocycles. The van der Waals surface area contributed by atoms with E-state index in [-0.39, 0.29) is 11.6 Å². The van der Waals surface area contributed by atoms with Crippen LogP contribution in [0.15, 0.2) is 42.5 Å². The minimum Gasteiger partial charge on any atom is -0.337 e. The number of nitriles is 1. The van der Waals surface area contributed by atoms with Crippen LogP contribution < -0.4 is 10.6 Å². The van der Waals surface area contributed by atoms with Gasteiger partial charge in [0.15, 0.2) is 0 Å². The number of rotatable bonds is 4. The fraction of sp³-hybridized carbons (Fsp3) is 0.125. The molecule has 0 bridgehead atoms. The van der Waals surface area contributed by atoms with Gasteiger partial charge in [0.2, 0.25) is 0 Å². The van der Waals surface area contributed by atoms with Gasteiger partial charge in [-0.25, -0.2) is 9.18 Å². The summed E-state index contributed by atoms with van der Waals surface area (Å²) in [5, 5.41) is 14.0. The van der Waals surface area contributed by atoms with E-state index in [1.807, 2.05) is 0 Å². The number of alkyl halides is 1. The predicted octanol–water partition coefficient (Wildman–Crippen LogP) is 3.72. The largest absolute Gasteiger partial charge is 0.337 e. The number of nitrogens with zero attached hydrogens (tertiary/aromatic N) is 1. The SMILES string of the molecule is N#Cc1ccc(-c2ccc(NC(=O)NCCCl)cc2)cc1F. The first kappa shape index (κ1) is 15.8. The van der Waals surface area contributed by atoms with Gasteiger partial charge in [-0.1, -0.05) is 18.2 Å². The molecule has 0 heterocycles. The molecular formula is C16H13ClFN3O. The summed E-state index contributed by atoms with van der Waals surface area (Å²) in [6, 6.07) is 12.8. The second-order valence-corrected chi connectivity index (χ2v) is 4.83. The minimum absolute atomic E-state index is 0.0120. The summed E-state index contributed by atoms with van der Waals surface area (Å²) in [6.07, 6.45) is 0. The fourth-order valence-electron chi connectivity index (χ4n) is 1.87. The molecule has 0 aromatic heterocycles. The third-order valence-electron chi connectivity index (χ3n) is 2.95. The Morgan fingerprint density at radius 2 is 1.86 bits per heavy atom. The number of urea groups is 1. The first-order valence-corrected chi connectivity index (χ1v) is 7.08. The van der Waals surface area contributed by atoms with Gasteiger partial charge in [-0.05, 0) is 35.4 Å². The molecule has 6 heteroatoms. The number of hydrogen-bond acceptors (Lipinski definition) is 2. The highest BCUT2D eigenvalue weighted by Gasteiger charge is 2.05.